The van der Waals surface area contributed by atoms with Crippen molar-refractivity contribution >= 4 is 21.8 Å². The van der Waals surface area contributed by atoms with Gasteiger partial charge in [0.2, 0.25) is 10.0 Å². The van der Waals surface area contributed by atoms with E-state index < -0.39 is 21.8 Å². The van der Waals surface area contributed by atoms with Gasteiger partial charge in [-0.25, -0.2) is 8.42 Å². The third-order valence-corrected chi connectivity index (χ3v) is 7.61. The SMILES string of the molecule is COc1cc(OC)cc(C(=O)NNC(=O)c2ccc(S(=O)(=O)N3CCc4ccccc4C3)cc2)c1. The van der Waals surface area contributed by atoms with Crippen molar-refractivity contribution in [1.29, 1.82) is 0 Å². The largest absolute Gasteiger partial charge is 0.497 e. The summed E-state index contributed by atoms with van der Waals surface area (Å²) in [6, 6.07) is 18.0. The second kappa shape index (κ2) is 10.2. The van der Waals surface area contributed by atoms with E-state index in [1.165, 1.54) is 54.9 Å². The summed E-state index contributed by atoms with van der Waals surface area (Å²) in [6.07, 6.45) is 0.648. The molecule has 0 spiro atoms. The molecule has 0 saturated carbocycles. The molecule has 1 aliphatic rings. The number of hydrogen-bond donors (Lipinski definition) is 2. The highest BCUT2D eigenvalue weighted by molar-refractivity contribution is 7.89. The van der Waals surface area contributed by atoms with E-state index in [-0.39, 0.29) is 16.0 Å². The van der Waals surface area contributed by atoms with Gasteiger partial charge in [0.1, 0.15) is 11.5 Å². The van der Waals surface area contributed by atoms with Gasteiger partial charge in [0.15, 0.2) is 0 Å². The molecular weight excluding hydrogens is 470 g/mol. The van der Waals surface area contributed by atoms with E-state index in [4.69, 9.17) is 9.47 Å². The molecular formula is C25H25N3O6S. The van der Waals surface area contributed by atoms with Crippen molar-refractivity contribution in [3.63, 3.8) is 0 Å². The first-order valence-corrected chi connectivity index (χ1v) is 12.3. The number of ether oxygens (including phenoxy) is 2. The minimum atomic E-state index is -3.71. The summed E-state index contributed by atoms with van der Waals surface area (Å²) < 4.78 is 37.9. The molecule has 0 aromatic heterocycles. The maximum absolute atomic E-state index is 13.1. The van der Waals surface area contributed by atoms with Crippen LogP contribution in [0.4, 0.5) is 0 Å². The molecule has 35 heavy (non-hydrogen) atoms. The van der Waals surface area contributed by atoms with Crippen LogP contribution in [0.25, 0.3) is 0 Å². The number of fused-ring (bicyclic) bond motifs is 1. The zero-order valence-corrected chi connectivity index (χ0v) is 20.1. The predicted octanol–water partition coefficient (Wildman–Crippen LogP) is 2.53. The lowest BCUT2D eigenvalue weighted by Gasteiger charge is -2.28. The molecule has 182 valence electrons. The molecule has 0 aliphatic carbocycles. The number of carbonyl (C=O) groups excluding carboxylic acids is 2. The smallest absolute Gasteiger partial charge is 0.269 e. The zero-order chi connectivity index (χ0) is 25.0. The highest BCUT2D eigenvalue weighted by Gasteiger charge is 2.28. The van der Waals surface area contributed by atoms with Crippen LogP contribution in [0.5, 0.6) is 11.5 Å². The average Bonchev–Trinajstić information content (AvgIpc) is 2.90. The minimum absolute atomic E-state index is 0.0981. The molecule has 9 nitrogen and oxygen atoms in total. The molecule has 2 N–H and O–H groups in total. The highest BCUT2D eigenvalue weighted by Crippen LogP contribution is 2.25. The fraction of sp³-hybridized carbons (Fsp3) is 0.200. The van der Waals surface area contributed by atoms with E-state index in [9.17, 15) is 18.0 Å². The topological polar surface area (TPSA) is 114 Å². The number of hydrogen-bond acceptors (Lipinski definition) is 6. The number of amides is 2. The van der Waals surface area contributed by atoms with Gasteiger partial charge in [0.25, 0.3) is 11.8 Å². The van der Waals surface area contributed by atoms with Gasteiger partial charge in [0, 0.05) is 30.3 Å². The maximum Gasteiger partial charge on any atom is 0.269 e. The van der Waals surface area contributed by atoms with E-state index in [1.54, 1.807) is 6.07 Å². The second-order valence-electron chi connectivity index (χ2n) is 7.89. The van der Waals surface area contributed by atoms with Crippen molar-refractivity contribution in [3.05, 3.63) is 89.0 Å². The Labute approximate surface area is 203 Å². The minimum Gasteiger partial charge on any atom is -0.497 e. The van der Waals surface area contributed by atoms with E-state index in [2.05, 4.69) is 10.9 Å². The van der Waals surface area contributed by atoms with Gasteiger partial charge in [-0.05, 0) is 53.9 Å². The van der Waals surface area contributed by atoms with Crippen molar-refractivity contribution in [1.82, 2.24) is 15.2 Å². The molecule has 3 aromatic rings. The third-order valence-electron chi connectivity index (χ3n) is 5.75. The molecule has 2 amide bonds. The Balaban J connectivity index is 1.40. The first-order chi connectivity index (χ1) is 16.8. The number of nitrogens with one attached hydrogen (secondary N) is 2. The van der Waals surface area contributed by atoms with Crippen LogP contribution in [0, 0.1) is 0 Å². The van der Waals surface area contributed by atoms with Gasteiger partial charge in [-0.1, -0.05) is 24.3 Å². The quantitative estimate of drug-likeness (QED) is 0.508. The monoisotopic (exact) mass is 495 g/mol. The summed E-state index contributed by atoms with van der Waals surface area (Å²) in [4.78, 5) is 25.0. The summed E-state index contributed by atoms with van der Waals surface area (Å²) >= 11 is 0. The molecule has 0 saturated heterocycles. The fourth-order valence-electron chi connectivity index (χ4n) is 3.80. The molecule has 0 fully saturated rings. The van der Waals surface area contributed by atoms with Crippen LogP contribution >= 0.6 is 0 Å². The summed E-state index contributed by atoms with van der Waals surface area (Å²) in [7, 11) is -0.785. The van der Waals surface area contributed by atoms with Crippen molar-refractivity contribution in [2.75, 3.05) is 20.8 Å². The van der Waals surface area contributed by atoms with Gasteiger partial charge in [-0.3, -0.25) is 20.4 Å². The van der Waals surface area contributed by atoms with E-state index in [0.717, 1.165) is 11.1 Å². The number of benzene rings is 3. The second-order valence-corrected chi connectivity index (χ2v) is 9.83. The molecule has 0 unspecified atom stereocenters. The third kappa shape index (κ3) is 5.28. The van der Waals surface area contributed by atoms with Crippen LogP contribution in [0.3, 0.4) is 0 Å². The molecule has 0 radical (unpaired) electrons. The van der Waals surface area contributed by atoms with Crippen molar-refractivity contribution in [2.45, 2.75) is 17.9 Å². The molecule has 0 bridgehead atoms. The number of rotatable bonds is 6. The average molecular weight is 496 g/mol. The number of nitrogens with zero attached hydrogens (tertiary/aromatic N) is 1. The highest BCUT2D eigenvalue weighted by atomic mass is 32.2. The van der Waals surface area contributed by atoms with Gasteiger partial charge >= 0.3 is 0 Å². The zero-order valence-electron chi connectivity index (χ0n) is 19.3. The summed E-state index contributed by atoms with van der Waals surface area (Å²) in [6.45, 7) is 0.699. The summed E-state index contributed by atoms with van der Waals surface area (Å²) in [5.41, 5.74) is 7.22. The normalized spacial score (nSPS) is 13.4. The number of hydrazine groups is 1. The van der Waals surface area contributed by atoms with Gasteiger partial charge < -0.3 is 9.47 Å². The Morgan fingerprint density at radius 3 is 1.97 bits per heavy atom. The first kappa shape index (κ1) is 24.2. The van der Waals surface area contributed by atoms with Crippen LogP contribution in [0.1, 0.15) is 31.8 Å². The van der Waals surface area contributed by atoms with Crippen molar-refractivity contribution in [2.24, 2.45) is 0 Å². The van der Waals surface area contributed by atoms with E-state index in [1.807, 2.05) is 24.3 Å². The van der Waals surface area contributed by atoms with Crippen molar-refractivity contribution in [3.8, 4) is 11.5 Å². The van der Waals surface area contributed by atoms with E-state index in [0.29, 0.717) is 31.0 Å². The van der Waals surface area contributed by atoms with Crippen LogP contribution in [0.2, 0.25) is 0 Å². The van der Waals surface area contributed by atoms with Gasteiger partial charge in [-0.15, -0.1) is 0 Å². The number of methoxy groups -OCH3 is 2. The lowest BCUT2D eigenvalue weighted by Crippen LogP contribution is -2.41. The first-order valence-electron chi connectivity index (χ1n) is 10.8. The number of sulfonamides is 1. The molecule has 0 atom stereocenters. The Morgan fingerprint density at radius 1 is 0.800 bits per heavy atom. The van der Waals surface area contributed by atoms with Crippen LogP contribution < -0.4 is 20.3 Å². The van der Waals surface area contributed by atoms with Gasteiger partial charge in [-0.2, -0.15) is 4.31 Å². The molecule has 3 aromatic carbocycles. The van der Waals surface area contributed by atoms with Gasteiger partial charge in [0.05, 0.1) is 19.1 Å². The Hall–Kier alpha value is -3.89. The summed E-state index contributed by atoms with van der Waals surface area (Å²) in [5, 5.41) is 0. The van der Waals surface area contributed by atoms with Crippen LogP contribution in [0.15, 0.2) is 71.6 Å². The lowest BCUT2D eigenvalue weighted by atomic mass is 10.0. The fourth-order valence-corrected chi connectivity index (χ4v) is 5.22. The Morgan fingerprint density at radius 2 is 1.37 bits per heavy atom. The maximum atomic E-state index is 13.1. The Kier molecular flexibility index (Phi) is 7.04. The predicted molar refractivity (Wildman–Crippen MR) is 129 cm³/mol. The molecule has 1 heterocycles. The standard InChI is InChI=1S/C25H25N3O6S/c1-33-21-13-20(14-22(15-21)34-2)25(30)27-26-24(29)18-7-9-23(10-8-18)35(31,32)28-12-11-17-5-3-4-6-19(17)16-28/h3-10,13-15H,11-12,16H2,1-2H3,(H,26,29)(H,27,30). The number of carbonyl (C=O) groups is 2. The Bertz CT molecular complexity index is 1330. The van der Waals surface area contributed by atoms with Crippen LogP contribution in [-0.4, -0.2) is 45.3 Å². The molecule has 1 aliphatic heterocycles. The van der Waals surface area contributed by atoms with Crippen LogP contribution in [-0.2, 0) is 23.0 Å². The van der Waals surface area contributed by atoms with Crippen molar-refractivity contribution < 1.29 is 27.5 Å². The van der Waals surface area contributed by atoms with E-state index >= 15 is 0 Å². The molecule has 10 heteroatoms. The summed E-state index contributed by atoms with van der Waals surface area (Å²) in [5.74, 6) is -0.311. The molecule has 4 rings (SSSR count). The lowest BCUT2D eigenvalue weighted by molar-refractivity contribution is 0.0846.